The molecule has 6 heteroatoms. The molecule has 17 heavy (non-hydrogen) atoms. The van der Waals surface area contributed by atoms with Crippen molar-refractivity contribution in [3.05, 3.63) is 34.6 Å². The summed E-state index contributed by atoms with van der Waals surface area (Å²) in [5.41, 5.74) is 5.45. The number of nitrogens with two attached hydrogens (primary N) is 1. The Morgan fingerprint density at radius 2 is 2.29 bits per heavy atom. The van der Waals surface area contributed by atoms with Crippen molar-refractivity contribution >= 4 is 17.5 Å². The second kappa shape index (κ2) is 5.95. The van der Waals surface area contributed by atoms with E-state index < -0.39 is 17.8 Å². The quantitative estimate of drug-likeness (QED) is 0.840. The first-order chi connectivity index (χ1) is 7.95. The molecule has 0 aromatic heterocycles. The van der Waals surface area contributed by atoms with Crippen LogP contribution in [0.25, 0.3) is 0 Å². The molecular weight excluding hydrogens is 247 g/mol. The zero-order valence-electron chi connectivity index (χ0n) is 9.36. The Hall–Kier alpha value is -1.17. The molecule has 4 nitrogen and oxygen atoms in total. The van der Waals surface area contributed by atoms with Gasteiger partial charge in [0, 0.05) is 30.7 Å². The highest BCUT2D eigenvalue weighted by molar-refractivity contribution is 6.30. The fraction of sp³-hybridized carbons (Fsp3) is 0.364. The van der Waals surface area contributed by atoms with Crippen molar-refractivity contribution in [3.63, 3.8) is 0 Å². The summed E-state index contributed by atoms with van der Waals surface area (Å²) in [5.74, 6) is -0.997. The Labute approximate surface area is 104 Å². The van der Waals surface area contributed by atoms with Crippen LogP contribution < -0.4 is 5.73 Å². The van der Waals surface area contributed by atoms with Crippen LogP contribution in [0.2, 0.25) is 5.02 Å². The number of rotatable bonds is 4. The molecule has 0 spiro atoms. The van der Waals surface area contributed by atoms with Crippen molar-refractivity contribution in [2.24, 2.45) is 5.73 Å². The van der Waals surface area contributed by atoms with Gasteiger partial charge in [0.25, 0.3) is 5.91 Å². The first kappa shape index (κ1) is 13.9. The van der Waals surface area contributed by atoms with Gasteiger partial charge in [0.05, 0.1) is 0 Å². The number of nitrogens with zero attached hydrogens (tertiary/aromatic N) is 1. The number of aliphatic hydroxyl groups excluding tert-OH is 1. The standard InChI is InChI=1S/C11H14ClFN2O2/c1-15(11(17)10(16)5-14)6-7-4-8(12)2-3-9(7)13/h2-4,10,16H,5-6,14H2,1H3. The lowest BCUT2D eigenvalue weighted by Gasteiger charge is -2.20. The molecule has 0 saturated heterocycles. The third-order valence-electron chi connectivity index (χ3n) is 2.30. The molecule has 3 N–H and O–H groups in total. The minimum atomic E-state index is -1.26. The average molecular weight is 261 g/mol. The zero-order valence-corrected chi connectivity index (χ0v) is 10.1. The van der Waals surface area contributed by atoms with Gasteiger partial charge in [-0.25, -0.2) is 4.39 Å². The first-order valence-electron chi connectivity index (χ1n) is 5.02. The Balaban J connectivity index is 2.77. The van der Waals surface area contributed by atoms with Gasteiger partial charge in [-0.3, -0.25) is 4.79 Å². The Kier molecular flexibility index (Phi) is 4.86. The number of hydrogen-bond acceptors (Lipinski definition) is 3. The Morgan fingerprint density at radius 1 is 1.65 bits per heavy atom. The normalized spacial score (nSPS) is 12.3. The minimum absolute atomic E-state index is 0.0300. The van der Waals surface area contributed by atoms with E-state index in [0.29, 0.717) is 5.02 Å². The second-order valence-electron chi connectivity index (χ2n) is 3.68. The van der Waals surface area contributed by atoms with Gasteiger partial charge in [0.1, 0.15) is 11.9 Å². The number of likely N-dealkylation sites (N-methyl/N-ethyl adjacent to an activating group) is 1. The molecular formula is C11H14ClFN2O2. The molecule has 94 valence electrons. The number of aliphatic hydroxyl groups is 1. The van der Waals surface area contributed by atoms with E-state index >= 15 is 0 Å². The lowest BCUT2D eigenvalue weighted by Crippen LogP contribution is -2.40. The highest BCUT2D eigenvalue weighted by atomic mass is 35.5. The summed E-state index contributed by atoms with van der Waals surface area (Å²) in [6, 6.07) is 4.10. The third kappa shape index (κ3) is 3.66. The van der Waals surface area contributed by atoms with E-state index in [2.05, 4.69) is 0 Å². The highest BCUT2D eigenvalue weighted by Crippen LogP contribution is 2.16. The summed E-state index contributed by atoms with van der Waals surface area (Å²) < 4.78 is 13.4. The van der Waals surface area contributed by atoms with Gasteiger partial charge in [0.2, 0.25) is 0 Å². The number of amides is 1. The average Bonchev–Trinajstić information content (AvgIpc) is 2.31. The van der Waals surface area contributed by atoms with Gasteiger partial charge in [0.15, 0.2) is 0 Å². The van der Waals surface area contributed by atoms with Gasteiger partial charge < -0.3 is 15.7 Å². The van der Waals surface area contributed by atoms with E-state index in [1.807, 2.05) is 0 Å². The van der Waals surface area contributed by atoms with Crippen molar-refractivity contribution in [1.82, 2.24) is 4.90 Å². The molecule has 0 bridgehead atoms. The molecule has 1 aromatic rings. The van der Waals surface area contributed by atoms with Crippen LogP contribution in [0.1, 0.15) is 5.56 Å². The number of carbonyl (C=O) groups excluding carboxylic acids is 1. The van der Waals surface area contributed by atoms with Gasteiger partial charge in [-0.1, -0.05) is 11.6 Å². The molecule has 1 rings (SSSR count). The topological polar surface area (TPSA) is 66.6 Å². The summed E-state index contributed by atoms with van der Waals surface area (Å²) in [6.45, 7) is -0.135. The molecule has 1 amide bonds. The molecule has 0 heterocycles. The van der Waals surface area contributed by atoms with E-state index in [0.717, 1.165) is 0 Å². The summed E-state index contributed by atoms with van der Waals surface area (Å²) in [4.78, 5) is 12.7. The van der Waals surface area contributed by atoms with Crippen LogP contribution >= 0.6 is 11.6 Å². The lowest BCUT2D eigenvalue weighted by molar-refractivity contribution is -0.138. The number of benzene rings is 1. The fourth-order valence-electron chi connectivity index (χ4n) is 1.35. The molecule has 0 radical (unpaired) electrons. The van der Waals surface area contributed by atoms with Crippen LogP contribution in [-0.2, 0) is 11.3 Å². The largest absolute Gasteiger partial charge is 0.382 e. The predicted octanol–water partition coefficient (Wildman–Crippen LogP) is 0.757. The van der Waals surface area contributed by atoms with Crippen molar-refractivity contribution in [2.75, 3.05) is 13.6 Å². The van der Waals surface area contributed by atoms with Gasteiger partial charge in [-0.2, -0.15) is 0 Å². The van der Waals surface area contributed by atoms with Crippen LogP contribution in [0.4, 0.5) is 4.39 Å². The monoisotopic (exact) mass is 260 g/mol. The third-order valence-corrected chi connectivity index (χ3v) is 2.53. The zero-order chi connectivity index (χ0) is 13.0. The maximum Gasteiger partial charge on any atom is 0.252 e. The van der Waals surface area contributed by atoms with Crippen molar-refractivity contribution in [2.45, 2.75) is 12.6 Å². The minimum Gasteiger partial charge on any atom is -0.382 e. The maximum absolute atomic E-state index is 13.4. The summed E-state index contributed by atoms with van der Waals surface area (Å²) >= 11 is 5.73. The van der Waals surface area contributed by atoms with Gasteiger partial charge in [-0.15, -0.1) is 0 Å². The van der Waals surface area contributed by atoms with Crippen molar-refractivity contribution < 1.29 is 14.3 Å². The molecule has 1 atom stereocenters. The van der Waals surface area contributed by atoms with Crippen LogP contribution in [0.5, 0.6) is 0 Å². The molecule has 0 aliphatic carbocycles. The van der Waals surface area contributed by atoms with E-state index in [1.54, 1.807) is 0 Å². The van der Waals surface area contributed by atoms with E-state index in [4.69, 9.17) is 17.3 Å². The van der Waals surface area contributed by atoms with Crippen LogP contribution in [0, 0.1) is 5.82 Å². The molecule has 0 fully saturated rings. The van der Waals surface area contributed by atoms with Gasteiger partial charge >= 0.3 is 0 Å². The van der Waals surface area contributed by atoms with Crippen molar-refractivity contribution in [3.8, 4) is 0 Å². The molecule has 0 aliphatic heterocycles. The highest BCUT2D eigenvalue weighted by Gasteiger charge is 2.18. The van der Waals surface area contributed by atoms with E-state index in [1.165, 1.54) is 30.1 Å². The fourth-order valence-corrected chi connectivity index (χ4v) is 1.55. The maximum atomic E-state index is 13.4. The van der Waals surface area contributed by atoms with E-state index in [-0.39, 0.29) is 18.7 Å². The van der Waals surface area contributed by atoms with E-state index in [9.17, 15) is 14.3 Å². The summed E-state index contributed by atoms with van der Waals surface area (Å²) in [7, 11) is 1.46. The van der Waals surface area contributed by atoms with Crippen molar-refractivity contribution in [1.29, 1.82) is 0 Å². The molecule has 0 aliphatic rings. The number of hydrogen-bond donors (Lipinski definition) is 2. The first-order valence-corrected chi connectivity index (χ1v) is 5.40. The summed E-state index contributed by atoms with van der Waals surface area (Å²) in [6.07, 6.45) is -1.26. The Morgan fingerprint density at radius 3 is 2.88 bits per heavy atom. The predicted molar refractivity (Wildman–Crippen MR) is 62.9 cm³/mol. The van der Waals surface area contributed by atoms with Crippen LogP contribution in [0.15, 0.2) is 18.2 Å². The summed E-state index contributed by atoms with van der Waals surface area (Å²) in [5, 5.41) is 9.65. The lowest BCUT2D eigenvalue weighted by atomic mass is 10.2. The SMILES string of the molecule is CN(Cc1cc(Cl)ccc1F)C(=O)C(O)CN. The van der Waals surface area contributed by atoms with Gasteiger partial charge in [-0.05, 0) is 18.2 Å². The second-order valence-corrected chi connectivity index (χ2v) is 4.12. The molecule has 0 saturated carbocycles. The number of halogens is 2. The Bertz CT molecular complexity index is 414. The molecule has 1 aromatic carbocycles. The smallest absolute Gasteiger partial charge is 0.252 e. The number of carbonyl (C=O) groups is 1. The van der Waals surface area contributed by atoms with Crippen LogP contribution in [0.3, 0.4) is 0 Å². The molecule has 1 unspecified atom stereocenters. The van der Waals surface area contributed by atoms with Crippen LogP contribution in [-0.4, -0.2) is 35.6 Å².